The van der Waals surface area contributed by atoms with Gasteiger partial charge in [0, 0.05) is 30.7 Å². The van der Waals surface area contributed by atoms with Crippen molar-refractivity contribution in [2.75, 3.05) is 6.54 Å². The van der Waals surface area contributed by atoms with Gasteiger partial charge in [0.05, 0.1) is 0 Å². The molecule has 1 fully saturated rings. The summed E-state index contributed by atoms with van der Waals surface area (Å²) >= 11 is 1.97. The molecule has 114 valence electrons. The van der Waals surface area contributed by atoms with Crippen LogP contribution in [0.1, 0.15) is 46.5 Å². The summed E-state index contributed by atoms with van der Waals surface area (Å²) < 4.78 is 2.14. The Morgan fingerprint density at radius 1 is 1.45 bits per heavy atom. The monoisotopic (exact) mass is 295 g/mol. The van der Waals surface area contributed by atoms with Crippen molar-refractivity contribution < 1.29 is 0 Å². The summed E-state index contributed by atoms with van der Waals surface area (Å²) in [7, 11) is 2.09. The number of aromatic nitrogens is 2. The van der Waals surface area contributed by atoms with Crippen LogP contribution < -0.4 is 5.32 Å². The Bertz CT molecular complexity index is 402. The van der Waals surface area contributed by atoms with Crippen LogP contribution in [0.3, 0.4) is 0 Å². The molecule has 1 N–H and O–H groups in total. The van der Waals surface area contributed by atoms with Gasteiger partial charge in [0.1, 0.15) is 0 Å². The Labute approximate surface area is 127 Å². The lowest BCUT2D eigenvalue weighted by Crippen LogP contribution is -2.43. The third-order valence-corrected chi connectivity index (χ3v) is 5.89. The Morgan fingerprint density at radius 3 is 2.85 bits per heavy atom. The zero-order valence-corrected chi connectivity index (χ0v) is 14.1. The number of nitrogens with zero attached hydrogens (tertiary/aromatic N) is 2. The molecule has 1 aromatic heterocycles. The van der Waals surface area contributed by atoms with Gasteiger partial charge in [-0.15, -0.1) is 0 Å². The van der Waals surface area contributed by atoms with Crippen molar-refractivity contribution >= 4 is 11.8 Å². The van der Waals surface area contributed by atoms with Crippen molar-refractivity contribution in [1.82, 2.24) is 14.9 Å². The lowest BCUT2D eigenvalue weighted by atomic mass is 9.79. The van der Waals surface area contributed by atoms with Gasteiger partial charge in [-0.2, -0.15) is 0 Å². The second kappa shape index (κ2) is 7.51. The molecule has 0 amide bonds. The third-order valence-electron chi connectivity index (χ3n) is 4.47. The summed E-state index contributed by atoms with van der Waals surface area (Å²) in [5, 5.41) is 5.57. The molecule has 3 nitrogen and oxygen atoms in total. The molecule has 1 heterocycles. The average Bonchev–Trinajstić information content (AvgIpc) is 2.82. The summed E-state index contributed by atoms with van der Waals surface area (Å²) in [6, 6.07) is 0.645. The van der Waals surface area contributed by atoms with Crippen LogP contribution in [0, 0.1) is 11.8 Å². The van der Waals surface area contributed by atoms with Crippen molar-refractivity contribution in [1.29, 1.82) is 0 Å². The normalized spacial score (nSPS) is 27.1. The molecule has 20 heavy (non-hydrogen) atoms. The number of hydrogen-bond donors (Lipinski definition) is 1. The first kappa shape index (κ1) is 15.9. The van der Waals surface area contributed by atoms with Gasteiger partial charge in [-0.25, -0.2) is 4.98 Å². The van der Waals surface area contributed by atoms with E-state index in [1.54, 1.807) is 0 Å². The lowest BCUT2D eigenvalue weighted by Gasteiger charge is -2.37. The van der Waals surface area contributed by atoms with Crippen molar-refractivity contribution in [2.45, 2.75) is 62.9 Å². The number of imidazole rings is 1. The number of rotatable bonds is 6. The molecule has 1 aliphatic carbocycles. The zero-order valence-electron chi connectivity index (χ0n) is 13.3. The molecule has 0 bridgehead atoms. The SMILES string of the molecule is CCCNC1CCC(C(C)C)CC1Sc1nccn1C. The smallest absolute Gasteiger partial charge is 0.167 e. The highest BCUT2D eigenvalue weighted by molar-refractivity contribution is 7.99. The van der Waals surface area contributed by atoms with E-state index in [1.807, 2.05) is 24.2 Å². The van der Waals surface area contributed by atoms with Crippen molar-refractivity contribution in [3.05, 3.63) is 12.4 Å². The molecule has 0 radical (unpaired) electrons. The average molecular weight is 295 g/mol. The molecule has 1 aromatic rings. The topological polar surface area (TPSA) is 29.9 Å². The minimum absolute atomic E-state index is 0.645. The van der Waals surface area contributed by atoms with Crippen LogP contribution in [0.2, 0.25) is 0 Å². The van der Waals surface area contributed by atoms with E-state index in [9.17, 15) is 0 Å². The number of thioether (sulfide) groups is 1. The number of hydrogen-bond acceptors (Lipinski definition) is 3. The minimum atomic E-state index is 0.645. The van der Waals surface area contributed by atoms with E-state index >= 15 is 0 Å². The molecule has 0 aromatic carbocycles. The van der Waals surface area contributed by atoms with Gasteiger partial charge in [-0.3, -0.25) is 0 Å². The van der Waals surface area contributed by atoms with Crippen LogP contribution in [-0.4, -0.2) is 27.4 Å². The Balaban J connectivity index is 2.03. The maximum absolute atomic E-state index is 4.49. The van der Waals surface area contributed by atoms with Crippen LogP contribution in [-0.2, 0) is 7.05 Å². The van der Waals surface area contributed by atoms with Crippen LogP contribution in [0.25, 0.3) is 0 Å². The second-order valence-corrected chi connectivity index (χ2v) is 7.56. The van der Waals surface area contributed by atoms with Gasteiger partial charge >= 0.3 is 0 Å². The van der Waals surface area contributed by atoms with Crippen molar-refractivity contribution in [2.24, 2.45) is 18.9 Å². The van der Waals surface area contributed by atoms with Gasteiger partial charge in [0.25, 0.3) is 0 Å². The maximum atomic E-state index is 4.49. The molecule has 1 saturated carbocycles. The maximum Gasteiger partial charge on any atom is 0.167 e. The molecule has 0 spiro atoms. The summed E-state index contributed by atoms with van der Waals surface area (Å²) in [4.78, 5) is 4.49. The first-order valence-corrected chi connectivity index (χ1v) is 8.87. The summed E-state index contributed by atoms with van der Waals surface area (Å²) in [6.07, 6.45) is 9.15. The van der Waals surface area contributed by atoms with Gasteiger partial charge in [0.2, 0.25) is 0 Å². The van der Waals surface area contributed by atoms with Gasteiger partial charge in [-0.05, 0) is 44.1 Å². The number of aryl methyl sites for hydroxylation is 1. The van der Waals surface area contributed by atoms with E-state index in [0.29, 0.717) is 11.3 Å². The molecule has 0 aliphatic heterocycles. The molecule has 4 heteroatoms. The Morgan fingerprint density at radius 2 is 2.25 bits per heavy atom. The van der Waals surface area contributed by atoms with Crippen LogP contribution in [0.4, 0.5) is 0 Å². The summed E-state index contributed by atoms with van der Waals surface area (Å²) in [6.45, 7) is 8.11. The summed E-state index contributed by atoms with van der Waals surface area (Å²) in [5.41, 5.74) is 0. The van der Waals surface area contributed by atoms with E-state index < -0.39 is 0 Å². The van der Waals surface area contributed by atoms with Crippen molar-refractivity contribution in [3.8, 4) is 0 Å². The highest BCUT2D eigenvalue weighted by Gasteiger charge is 2.32. The van der Waals surface area contributed by atoms with Gasteiger partial charge in [-0.1, -0.05) is 32.5 Å². The predicted octanol–water partition coefficient (Wildman–Crippen LogP) is 3.71. The fraction of sp³-hybridized carbons (Fsp3) is 0.812. The molecular weight excluding hydrogens is 266 g/mol. The summed E-state index contributed by atoms with van der Waals surface area (Å²) in [5.74, 6) is 1.67. The second-order valence-electron chi connectivity index (χ2n) is 6.35. The van der Waals surface area contributed by atoms with Crippen LogP contribution in [0.15, 0.2) is 17.6 Å². The molecule has 1 aliphatic rings. The van der Waals surface area contributed by atoms with E-state index in [0.717, 1.165) is 23.5 Å². The largest absolute Gasteiger partial charge is 0.329 e. The fourth-order valence-electron chi connectivity index (χ4n) is 3.06. The first-order valence-electron chi connectivity index (χ1n) is 7.99. The first-order chi connectivity index (χ1) is 9.61. The molecule has 3 unspecified atom stereocenters. The lowest BCUT2D eigenvalue weighted by molar-refractivity contribution is 0.246. The van der Waals surface area contributed by atoms with E-state index in [1.165, 1.54) is 25.7 Å². The third kappa shape index (κ3) is 4.01. The zero-order chi connectivity index (χ0) is 14.5. The molecule has 0 saturated heterocycles. The predicted molar refractivity (Wildman–Crippen MR) is 87.1 cm³/mol. The highest BCUT2D eigenvalue weighted by atomic mass is 32.2. The van der Waals surface area contributed by atoms with Gasteiger partial charge in [0.15, 0.2) is 5.16 Å². The van der Waals surface area contributed by atoms with Crippen LogP contribution in [0.5, 0.6) is 0 Å². The Hall–Kier alpha value is -0.480. The quantitative estimate of drug-likeness (QED) is 0.868. The van der Waals surface area contributed by atoms with Gasteiger partial charge < -0.3 is 9.88 Å². The van der Waals surface area contributed by atoms with E-state index in [2.05, 4.69) is 42.7 Å². The molecular formula is C16H29N3S. The van der Waals surface area contributed by atoms with Crippen molar-refractivity contribution in [3.63, 3.8) is 0 Å². The molecule has 3 atom stereocenters. The highest BCUT2D eigenvalue weighted by Crippen LogP contribution is 2.38. The number of nitrogens with one attached hydrogen (secondary N) is 1. The van der Waals surface area contributed by atoms with Crippen LogP contribution >= 0.6 is 11.8 Å². The van der Waals surface area contributed by atoms with E-state index in [-0.39, 0.29) is 0 Å². The Kier molecular flexibility index (Phi) is 5.97. The molecule has 2 rings (SSSR count). The minimum Gasteiger partial charge on any atom is -0.329 e. The van der Waals surface area contributed by atoms with E-state index in [4.69, 9.17) is 0 Å². The standard InChI is InChI=1S/C16H29N3S/c1-5-8-17-14-7-6-13(12(2)3)11-15(14)20-16-18-9-10-19(16)4/h9-10,12-15,17H,5-8,11H2,1-4H3. The fourth-order valence-corrected chi connectivity index (χ4v) is 4.42.